The van der Waals surface area contributed by atoms with E-state index in [0.29, 0.717) is 30.1 Å². The quantitative estimate of drug-likeness (QED) is 0.470. The Morgan fingerprint density at radius 2 is 1.72 bits per heavy atom. The SMILES string of the molecule is CC(=O)NC(CC(=O)NCCCNC(=O)c1cccc(O)c1)c1ccc(Cl)cc1. The van der Waals surface area contributed by atoms with E-state index in [1.807, 2.05) is 0 Å². The largest absolute Gasteiger partial charge is 0.508 e. The third-order valence-corrected chi connectivity index (χ3v) is 4.36. The number of phenols is 1. The second kappa shape index (κ2) is 11.1. The molecule has 0 heterocycles. The van der Waals surface area contributed by atoms with E-state index in [2.05, 4.69) is 16.0 Å². The van der Waals surface area contributed by atoms with Crippen LogP contribution in [0.5, 0.6) is 5.75 Å². The molecule has 2 aromatic carbocycles. The van der Waals surface area contributed by atoms with E-state index in [4.69, 9.17) is 11.6 Å². The second-order valence-corrected chi connectivity index (χ2v) is 6.95. The maximum absolute atomic E-state index is 12.2. The summed E-state index contributed by atoms with van der Waals surface area (Å²) in [5, 5.41) is 18.2. The number of halogens is 1. The van der Waals surface area contributed by atoms with Crippen LogP contribution in [-0.4, -0.2) is 35.9 Å². The van der Waals surface area contributed by atoms with Gasteiger partial charge in [0.25, 0.3) is 5.91 Å². The van der Waals surface area contributed by atoms with Crippen LogP contribution in [0.15, 0.2) is 48.5 Å². The van der Waals surface area contributed by atoms with Gasteiger partial charge in [-0.05, 0) is 42.3 Å². The van der Waals surface area contributed by atoms with E-state index in [0.717, 1.165) is 5.56 Å². The molecule has 0 saturated heterocycles. The van der Waals surface area contributed by atoms with Crippen LogP contribution < -0.4 is 16.0 Å². The Labute approximate surface area is 174 Å². The van der Waals surface area contributed by atoms with Crippen molar-refractivity contribution in [2.24, 2.45) is 0 Å². The second-order valence-electron chi connectivity index (χ2n) is 6.52. The minimum Gasteiger partial charge on any atom is -0.508 e. The molecule has 7 nitrogen and oxygen atoms in total. The molecule has 0 aliphatic heterocycles. The molecule has 1 atom stereocenters. The van der Waals surface area contributed by atoms with E-state index in [1.54, 1.807) is 36.4 Å². The summed E-state index contributed by atoms with van der Waals surface area (Å²) in [5.74, 6) is -0.703. The topological polar surface area (TPSA) is 108 Å². The van der Waals surface area contributed by atoms with Gasteiger partial charge in [-0.1, -0.05) is 29.8 Å². The van der Waals surface area contributed by atoms with Crippen molar-refractivity contribution in [2.75, 3.05) is 13.1 Å². The Hall–Kier alpha value is -3.06. The highest BCUT2D eigenvalue weighted by atomic mass is 35.5. The Balaban J connectivity index is 1.75. The lowest BCUT2D eigenvalue weighted by atomic mass is 10.0. The Morgan fingerprint density at radius 3 is 2.38 bits per heavy atom. The van der Waals surface area contributed by atoms with Crippen molar-refractivity contribution in [1.82, 2.24) is 16.0 Å². The van der Waals surface area contributed by atoms with Crippen LogP contribution in [0.1, 0.15) is 41.7 Å². The molecule has 154 valence electrons. The molecule has 4 N–H and O–H groups in total. The molecule has 0 radical (unpaired) electrons. The van der Waals surface area contributed by atoms with Crippen LogP contribution in [0, 0.1) is 0 Å². The molecule has 3 amide bonds. The predicted octanol–water partition coefficient (Wildman–Crippen LogP) is 2.55. The molecule has 1 unspecified atom stereocenters. The summed E-state index contributed by atoms with van der Waals surface area (Å²) >= 11 is 5.89. The van der Waals surface area contributed by atoms with Crippen LogP contribution >= 0.6 is 11.6 Å². The zero-order valence-corrected chi connectivity index (χ0v) is 16.8. The summed E-state index contributed by atoms with van der Waals surface area (Å²) in [4.78, 5) is 35.6. The maximum Gasteiger partial charge on any atom is 0.251 e. The number of amides is 3. The first-order chi connectivity index (χ1) is 13.8. The molecule has 0 saturated carbocycles. The van der Waals surface area contributed by atoms with E-state index < -0.39 is 6.04 Å². The first-order valence-electron chi connectivity index (χ1n) is 9.21. The van der Waals surface area contributed by atoms with Gasteiger partial charge in [-0.15, -0.1) is 0 Å². The van der Waals surface area contributed by atoms with Gasteiger partial charge in [0.1, 0.15) is 5.75 Å². The average molecular weight is 418 g/mol. The summed E-state index contributed by atoms with van der Waals surface area (Å²) in [6, 6.07) is 12.6. The van der Waals surface area contributed by atoms with Crippen LogP contribution in [0.25, 0.3) is 0 Å². The predicted molar refractivity (Wildman–Crippen MR) is 111 cm³/mol. The number of hydrogen-bond donors (Lipinski definition) is 4. The van der Waals surface area contributed by atoms with Gasteiger partial charge < -0.3 is 21.1 Å². The fourth-order valence-corrected chi connectivity index (χ4v) is 2.84. The highest BCUT2D eigenvalue weighted by Crippen LogP contribution is 2.19. The molecule has 29 heavy (non-hydrogen) atoms. The third-order valence-electron chi connectivity index (χ3n) is 4.11. The van der Waals surface area contributed by atoms with E-state index in [9.17, 15) is 19.5 Å². The number of carbonyl (C=O) groups excluding carboxylic acids is 3. The molecule has 0 aliphatic carbocycles. The zero-order chi connectivity index (χ0) is 21.2. The zero-order valence-electron chi connectivity index (χ0n) is 16.1. The lowest BCUT2D eigenvalue weighted by Gasteiger charge is -2.18. The van der Waals surface area contributed by atoms with Crippen molar-refractivity contribution in [1.29, 1.82) is 0 Å². The first-order valence-corrected chi connectivity index (χ1v) is 9.59. The van der Waals surface area contributed by atoms with Crippen molar-refractivity contribution >= 4 is 29.3 Å². The highest BCUT2D eigenvalue weighted by molar-refractivity contribution is 6.30. The number of carbonyl (C=O) groups is 3. The van der Waals surface area contributed by atoms with Crippen LogP contribution in [-0.2, 0) is 9.59 Å². The maximum atomic E-state index is 12.2. The van der Waals surface area contributed by atoms with Crippen molar-refractivity contribution < 1.29 is 19.5 Å². The molecule has 0 spiro atoms. The van der Waals surface area contributed by atoms with E-state index in [1.165, 1.54) is 19.1 Å². The fourth-order valence-electron chi connectivity index (χ4n) is 2.72. The average Bonchev–Trinajstić information content (AvgIpc) is 2.67. The van der Waals surface area contributed by atoms with Crippen molar-refractivity contribution in [3.05, 3.63) is 64.7 Å². The van der Waals surface area contributed by atoms with Gasteiger partial charge in [0, 0.05) is 30.6 Å². The van der Waals surface area contributed by atoms with Crippen molar-refractivity contribution in [3.8, 4) is 5.75 Å². The smallest absolute Gasteiger partial charge is 0.251 e. The molecular weight excluding hydrogens is 394 g/mol. The summed E-state index contributed by atoms with van der Waals surface area (Å²) in [6.07, 6.45) is 0.638. The first kappa shape index (κ1) is 22.2. The summed E-state index contributed by atoms with van der Waals surface area (Å²) < 4.78 is 0. The number of hydrogen-bond acceptors (Lipinski definition) is 4. The van der Waals surface area contributed by atoms with Gasteiger partial charge in [-0.25, -0.2) is 0 Å². The van der Waals surface area contributed by atoms with E-state index in [-0.39, 0.29) is 29.9 Å². The standard InChI is InChI=1S/C21H24ClN3O4/c1-14(26)25-19(15-6-8-17(22)9-7-15)13-20(28)23-10-3-11-24-21(29)16-4-2-5-18(27)12-16/h2,4-9,12,19,27H,3,10-11,13H2,1H3,(H,23,28)(H,24,29)(H,25,26). The molecule has 8 heteroatoms. The van der Waals surface area contributed by atoms with Gasteiger partial charge >= 0.3 is 0 Å². The molecular formula is C21H24ClN3O4. The molecule has 0 aromatic heterocycles. The monoisotopic (exact) mass is 417 g/mol. The third kappa shape index (κ3) is 7.83. The fraction of sp³-hybridized carbons (Fsp3) is 0.286. The highest BCUT2D eigenvalue weighted by Gasteiger charge is 2.17. The molecule has 0 bridgehead atoms. The lowest BCUT2D eigenvalue weighted by molar-refractivity contribution is -0.122. The van der Waals surface area contributed by atoms with Gasteiger partial charge in [-0.2, -0.15) is 0 Å². The van der Waals surface area contributed by atoms with Crippen molar-refractivity contribution in [3.63, 3.8) is 0 Å². The van der Waals surface area contributed by atoms with E-state index >= 15 is 0 Å². The Morgan fingerprint density at radius 1 is 1.03 bits per heavy atom. The summed E-state index contributed by atoms with van der Waals surface area (Å²) in [6.45, 7) is 2.16. The summed E-state index contributed by atoms with van der Waals surface area (Å²) in [5.41, 5.74) is 1.16. The van der Waals surface area contributed by atoms with Crippen LogP contribution in [0.3, 0.4) is 0 Å². The minimum atomic E-state index is -0.449. The molecule has 0 fully saturated rings. The number of phenolic OH excluding ortho intramolecular Hbond substituents is 1. The lowest BCUT2D eigenvalue weighted by Crippen LogP contribution is -2.34. The van der Waals surface area contributed by atoms with Gasteiger partial charge in [0.2, 0.25) is 11.8 Å². The number of nitrogens with one attached hydrogen (secondary N) is 3. The molecule has 2 rings (SSSR count). The minimum absolute atomic E-state index is 0.0272. The summed E-state index contributed by atoms with van der Waals surface area (Å²) in [7, 11) is 0. The number of aromatic hydroxyl groups is 1. The van der Waals surface area contributed by atoms with Gasteiger partial charge in [0.15, 0.2) is 0 Å². The molecule has 2 aromatic rings. The number of rotatable bonds is 9. The normalized spacial score (nSPS) is 11.4. The van der Waals surface area contributed by atoms with Crippen molar-refractivity contribution in [2.45, 2.75) is 25.8 Å². The van der Waals surface area contributed by atoms with Crippen LogP contribution in [0.4, 0.5) is 0 Å². The van der Waals surface area contributed by atoms with Crippen LogP contribution in [0.2, 0.25) is 5.02 Å². The Bertz CT molecular complexity index is 855. The molecule has 0 aliphatic rings. The Kier molecular flexibility index (Phi) is 8.48. The van der Waals surface area contributed by atoms with Gasteiger partial charge in [0.05, 0.1) is 12.5 Å². The van der Waals surface area contributed by atoms with Gasteiger partial charge in [-0.3, -0.25) is 14.4 Å². The number of benzene rings is 2.